The molecule has 0 aliphatic carbocycles. The van der Waals surface area contributed by atoms with Crippen LogP contribution in [0, 0.1) is 0 Å². The van der Waals surface area contributed by atoms with Gasteiger partial charge < -0.3 is 2.85 Å². The van der Waals surface area contributed by atoms with Crippen LogP contribution in [0.4, 0.5) is 0 Å². The molecule has 0 aromatic rings. The fourth-order valence-electron chi connectivity index (χ4n) is 0. The molecule has 0 bridgehead atoms. The Morgan fingerprint density at radius 1 is 1.25 bits per heavy atom. The average molecular weight is 360 g/mol. The van der Waals surface area contributed by atoms with Crippen LogP contribution in [0.5, 0.6) is 0 Å². The standard InChI is InChI=1S/Ba.H2O4S.O.Pd.2H/c;1-5(2,3)4;;;;/h;(H2,1,2,3,4);;;;/q+2;;;;2*-1. The summed E-state index contributed by atoms with van der Waals surface area (Å²) in [5.41, 5.74) is 0. The second-order valence-electron chi connectivity index (χ2n) is 0.448. The predicted octanol–water partition coefficient (Wildman–Crippen LogP) is -0.930. The zero-order chi connectivity index (χ0) is 6.50. The van der Waals surface area contributed by atoms with Crippen LogP contribution in [0.2, 0.25) is 0 Å². The Morgan fingerprint density at radius 3 is 1.25 bits per heavy atom. The molecule has 0 aromatic carbocycles. The molecule has 0 aromatic heterocycles. The van der Waals surface area contributed by atoms with Crippen molar-refractivity contribution >= 4 is 59.3 Å². The molecular weight excluding hydrogens is 356 g/mol. The topological polar surface area (TPSA) is 91.7 Å². The molecule has 0 heterocycles. The van der Waals surface area contributed by atoms with Crippen LogP contribution in [0.1, 0.15) is 2.85 Å². The van der Waals surface area contributed by atoms with Crippen LogP contribution in [0.15, 0.2) is 0 Å². The first-order valence-corrected chi connectivity index (χ1v) is 2.86. The van der Waals surface area contributed by atoms with E-state index in [1.54, 1.807) is 0 Å². The molecule has 0 spiro atoms. The molecule has 0 saturated heterocycles. The Balaban J connectivity index is -0.0000000154. The van der Waals surface area contributed by atoms with Gasteiger partial charge in [-0.25, -0.2) is 0 Å². The summed E-state index contributed by atoms with van der Waals surface area (Å²) >= 11 is 1.50. The molecule has 52 valence electrons. The van der Waals surface area contributed by atoms with Crippen molar-refractivity contribution in [3.63, 3.8) is 0 Å². The van der Waals surface area contributed by atoms with E-state index < -0.39 is 10.4 Å². The number of hydrogen-bond acceptors (Lipinski definition) is 3. The SMILES string of the molecule is O=S(=O)(O)O.[Ba+2].[H-].[H-].[O]=[Pd]. The summed E-state index contributed by atoms with van der Waals surface area (Å²) in [5.74, 6) is 0. The average Bonchev–Trinajstić information content (AvgIpc) is 1.36. The van der Waals surface area contributed by atoms with Gasteiger partial charge in [-0.1, -0.05) is 0 Å². The van der Waals surface area contributed by atoms with E-state index in [-0.39, 0.29) is 51.7 Å². The summed E-state index contributed by atoms with van der Waals surface area (Å²) in [5, 5.41) is 0. The van der Waals surface area contributed by atoms with Crippen LogP contribution in [0.25, 0.3) is 0 Å². The van der Waals surface area contributed by atoms with Crippen molar-refractivity contribution < 1.29 is 43.0 Å². The van der Waals surface area contributed by atoms with Crippen molar-refractivity contribution in [1.29, 1.82) is 0 Å². The summed E-state index contributed by atoms with van der Waals surface area (Å²) in [4.78, 5) is 0. The second-order valence-corrected chi connectivity index (χ2v) is 1.34. The second kappa shape index (κ2) is 8.90. The first-order valence-electron chi connectivity index (χ1n) is 0.828. The molecule has 2 N–H and O–H groups in total. The van der Waals surface area contributed by atoms with E-state index in [2.05, 4.69) is 0 Å². The Morgan fingerprint density at radius 2 is 1.25 bits per heavy atom. The fourth-order valence-corrected chi connectivity index (χ4v) is 0. The molecule has 0 fully saturated rings. The van der Waals surface area contributed by atoms with E-state index >= 15 is 0 Å². The monoisotopic (exact) mass is 360 g/mol. The molecule has 0 saturated carbocycles. The van der Waals surface area contributed by atoms with Crippen LogP contribution in [-0.2, 0) is 33.0 Å². The summed E-state index contributed by atoms with van der Waals surface area (Å²) in [7, 11) is -4.67. The van der Waals surface area contributed by atoms with E-state index in [0.29, 0.717) is 0 Å². The van der Waals surface area contributed by atoms with Crippen molar-refractivity contribution in [2.24, 2.45) is 0 Å². The Bertz CT molecular complexity index is 114. The summed E-state index contributed by atoms with van der Waals surface area (Å²) < 4.78 is 39.7. The van der Waals surface area contributed by atoms with Gasteiger partial charge in [0.2, 0.25) is 0 Å². The zero-order valence-electron chi connectivity index (χ0n) is 5.55. The molecule has 0 rings (SSSR count). The van der Waals surface area contributed by atoms with Crippen molar-refractivity contribution in [3.05, 3.63) is 0 Å². The van der Waals surface area contributed by atoms with Crippen molar-refractivity contribution in [2.75, 3.05) is 0 Å². The summed E-state index contributed by atoms with van der Waals surface area (Å²) in [6.45, 7) is 0. The van der Waals surface area contributed by atoms with Gasteiger partial charge in [0.25, 0.3) is 0 Å². The van der Waals surface area contributed by atoms with E-state index in [1.165, 1.54) is 19.2 Å². The van der Waals surface area contributed by atoms with E-state index in [4.69, 9.17) is 21.0 Å². The molecule has 0 aliphatic rings. The normalized spacial score (nSPS) is 8.00. The van der Waals surface area contributed by atoms with E-state index in [1.807, 2.05) is 0 Å². The van der Waals surface area contributed by atoms with Crippen molar-refractivity contribution in [3.8, 4) is 0 Å². The van der Waals surface area contributed by atoms with Crippen LogP contribution < -0.4 is 0 Å². The first-order chi connectivity index (χ1) is 3.00. The van der Waals surface area contributed by atoms with Gasteiger partial charge >= 0.3 is 81.9 Å². The van der Waals surface area contributed by atoms with Gasteiger partial charge in [-0.15, -0.1) is 0 Å². The van der Waals surface area contributed by atoms with Gasteiger partial charge in [0.1, 0.15) is 0 Å². The summed E-state index contributed by atoms with van der Waals surface area (Å²) in [6, 6.07) is 0. The van der Waals surface area contributed by atoms with Gasteiger partial charge in [0.15, 0.2) is 0 Å². The molecule has 0 aliphatic heterocycles. The van der Waals surface area contributed by atoms with Crippen LogP contribution >= 0.6 is 0 Å². The predicted molar refractivity (Wildman–Crippen MR) is 22.8 cm³/mol. The number of rotatable bonds is 0. The van der Waals surface area contributed by atoms with Crippen molar-refractivity contribution in [2.45, 2.75) is 0 Å². The van der Waals surface area contributed by atoms with Crippen molar-refractivity contribution in [1.82, 2.24) is 0 Å². The third-order valence-electron chi connectivity index (χ3n) is 0. The van der Waals surface area contributed by atoms with Gasteiger partial charge in [0.05, 0.1) is 0 Å². The summed E-state index contributed by atoms with van der Waals surface area (Å²) in [6.07, 6.45) is 0. The van der Waals surface area contributed by atoms with Crippen LogP contribution in [-0.4, -0.2) is 66.4 Å². The third-order valence-corrected chi connectivity index (χ3v) is 0. The van der Waals surface area contributed by atoms with Gasteiger partial charge in [-0.05, 0) is 0 Å². The molecule has 8 heavy (non-hydrogen) atoms. The molecule has 0 radical (unpaired) electrons. The Hall–Kier alpha value is 1.90. The molecule has 0 atom stereocenters. The van der Waals surface area contributed by atoms with E-state index in [0.717, 1.165) is 0 Å². The molecule has 0 unspecified atom stereocenters. The third kappa shape index (κ3) is 104. The van der Waals surface area contributed by atoms with Gasteiger partial charge in [0, 0.05) is 0 Å². The van der Waals surface area contributed by atoms with Gasteiger partial charge in [-0.2, -0.15) is 8.42 Å². The Labute approximate surface area is 101 Å². The van der Waals surface area contributed by atoms with Gasteiger partial charge in [-0.3, -0.25) is 9.11 Å². The maximum absolute atomic E-state index is 8.74. The Kier molecular flexibility index (Phi) is 18.3. The molecular formula is H4BaO5PdS. The molecule has 8 heteroatoms. The molecule has 0 amide bonds. The number of hydrogen-bond donors (Lipinski definition) is 2. The zero-order valence-corrected chi connectivity index (χ0v) is 10.4. The maximum atomic E-state index is 8.74. The first kappa shape index (κ1) is 16.5. The quantitative estimate of drug-likeness (QED) is 0.431. The fraction of sp³-hybridized carbons (Fsp3) is 0. The minimum absolute atomic E-state index is 0. The minimum atomic E-state index is -4.67. The van der Waals surface area contributed by atoms with E-state index in [9.17, 15) is 0 Å². The molecule has 5 nitrogen and oxygen atoms in total. The van der Waals surface area contributed by atoms with Crippen LogP contribution in [0.3, 0.4) is 0 Å².